The third-order valence-corrected chi connectivity index (χ3v) is 3.47. The number of hydrogen-bond donors (Lipinski definition) is 2. The first kappa shape index (κ1) is 15.5. The first-order valence-electron chi connectivity index (χ1n) is 6.24. The molecule has 6 heteroatoms. The lowest BCUT2D eigenvalue weighted by atomic mass is 10.2. The molecule has 0 saturated heterocycles. The SMILES string of the molecule is NC(=O)COc1ccc(NCc2c(Cl)cccc2Cl)cc1. The van der Waals surface area contributed by atoms with E-state index in [1.54, 1.807) is 30.3 Å². The van der Waals surface area contributed by atoms with E-state index in [9.17, 15) is 4.79 Å². The molecular weight excluding hydrogens is 311 g/mol. The second-order valence-corrected chi connectivity index (χ2v) is 5.15. The molecular formula is C15H14Cl2N2O2. The molecule has 0 spiro atoms. The van der Waals surface area contributed by atoms with E-state index in [1.807, 2.05) is 12.1 Å². The van der Waals surface area contributed by atoms with Crippen LogP contribution >= 0.6 is 23.2 Å². The Morgan fingerprint density at radius 2 is 1.71 bits per heavy atom. The van der Waals surface area contributed by atoms with Gasteiger partial charge in [-0.05, 0) is 36.4 Å². The van der Waals surface area contributed by atoms with Crippen molar-refractivity contribution >= 4 is 34.8 Å². The number of hydrogen-bond acceptors (Lipinski definition) is 3. The molecule has 0 saturated carbocycles. The minimum Gasteiger partial charge on any atom is -0.484 e. The predicted molar refractivity (Wildman–Crippen MR) is 84.9 cm³/mol. The van der Waals surface area contributed by atoms with Crippen molar-refractivity contribution in [2.24, 2.45) is 5.73 Å². The molecule has 0 fully saturated rings. The summed E-state index contributed by atoms with van der Waals surface area (Å²) in [7, 11) is 0. The molecule has 0 unspecified atom stereocenters. The number of primary amides is 1. The fourth-order valence-electron chi connectivity index (χ4n) is 1.72. The zero-order chi connectivity index (χ0) is 15.2. The zero-order valence-electron chi connectivity index (χ0n) is 11.1. The van der Waals surface area contributed by atoms with Crippen LogP contribution in [0.5, 0.6) is 5.75 Å². The summed E-state index contributed by atoms with van der Waals surface area (Å²) >= 11 is 12.2. The van der Waals surface area contributed by atoms with Crippen molar-refractivity contribution in [3.8, 4) is 5.75 Å². The number of benzene rings is 2. The molecule has 2 aromatic carbocycles. The molecule has 0 radical (unpaired) electrons. The van der Waals surface area contributed by atoms with Gasteiger partial charge in [-0.2, -0.15) is 0 Å². The maximum Gasteiger partial charge on any atom is 0.255 e. The average Bonchev–Trinajstić information content (AvgIpc) is 2.46. The number of nitrogens with one attached hydrogen (secondary N) is 1. The molecule has 2 aromatic rings. The Kier molecular flexibility index (Phi) is 5.31. The molecule has 2 rings (SSSR count). The summed E-state index contributed by atoms with van der Waals surface area (Å²) in [6, 6.07) is 12.6. The monoisotopic (exact) mass is 324 g/mol. The van der Waals surface area contributed by atoms with Gasteiger partial charge in [0, 0.05) is 27.8 Å². The third-order valence-electron chi connectivity index (χ3n) is 2.77. The van der Waals surface area contributed by atoms with Crippen molar-refractivity contribution in [2.75, 3.05) is 11.9 Å². The molecule has 0 aromatic heterocycles. The molecule has 110 valence electrons. The minimum atomic E-state index is -0.509. The van der Waals surface area contributed by atoms with Gasteiger partial charge in [0.05, 0.1) is 0 Å². The van der Waals surface area contributed by atoms with Crippen molar-refractivity contribution < 1.29 is 9.53 Å². The van der Waals surface area contributed by atoms with E-state index in [1.165, 1.54) is 0 Å². The Bertz CT molecular complexity index is 610. The van der Waals surface area contributed by atoms with E-state index in [4.69, 9.17) is 33.7 Å². The summed E-state index contributed by atoms with van der Waals surface area (Å²) in [5.41, 5.74) is 6.74. The predicted octanol–water partition coefficient (Wildman–Crippen LogP) is 3.47. The molecule has 21 heavy (non-hydrogen) atoms. The van der Waals surface area contributed by atoms with Gasteiger partial charge in [0.15, 0.2) is 6.61 Å². The highest BCUT2D eigenvalue weighted by molar-refractivity contribution is 6.36. The zero-order valence-corrected chi connectivity index (χ0v) is 12.6. The summed E-state index contributed by atoms with van der Waals surface area (Å²) in [5.74, 6) is 0.0701. The summed E-state index contributed by atoms with van der Waals surface area (Å²) < 4.78 is 5.18. The molecule has 4 nitrogen and oxygen atoms in total. The van der Waals surface area contributed by atoms with Crippen LogP contribution in [0.1, 0.15) is 5.56 Å². The van der Waals surface area contributed by atoms with Gasteiger partial charge in [0.2, 0.25) is 0 Å². The van der Waals surface area contributed by atoms with Crippen molar-refractivity contribution in [3.05, 3.63) is 58.1 Å². The maximum absolute atomic E-state index is 10.6. The molecule has 0 heterocycles. The molecule has 1 amide bonds. The van der Waals surface area contributed by atoms with Gasteiger partial charge in [0.1, 0.15) is 5.75 Å². The quantitative estimate of drug-likeness (QED) is 0.855. The number of carbonyl (C=O) groups excluding carboxylic acids is 1. The smallest absolute Gasteiger partial charge is 0.255 e. The number of carbonyl (C=O) groups is 1. The number of rotatable bonds is 6. The fourth-order valence-corrected chi connectivity index (χ4v) is 2.25. The van der Waals surface area contributed by atoms with Gasteiger partial charge < -0.3 is 15.8 Å². The summed E-state index contributed by atoms with van der Waals surface area (Å²) in [4.78, 5) is 10.6. The normalized spacial score (nSPS) is 10.2. The van der Waals surface area contributed by atoms with E-state index in [2.05, 4.69) is 5.32 Å². The van der Waals surface area contributed by atoms with Gasteiger partial charge >= 0.3 is 0 Å². The van der Waals surface area contributed by atoms with Crippen LogP contribution < -0.4 is 15.8 Å². The highest BCUT2D eigenvalue weighted by Crippen LogP contribution is 2.25. The largest absolute Gasteiger partial charge is 0.484 e. The summed E-state index contributed by atoms with van der Waals surface area (Å²) in [6.45, 7) is 0.377. The average molecular weight is 325 g/mol. The van der Waals surface area contributed by atoms with Crippen LogP contribution in [0.25, 0.3) is 0 Å². The Morgan fingerprint density at radius 3 is 2.29 bits per heavy atom. The number of amides is 1. The van der Waals surface area contributed by atoms with Crippen LogP contribution in [-0.2, 0) is 11.3 Å². The van der Waals surface area contributed by atoms with E-state index in [-0.39, 0.29) is 6.61 Å². The van der Waals surface area contributed by atoms with Gasteiger partial charge in [-0.25, -0.2) is 0 Å². The van der Waals surface area contributed by atoms with Crippen LogP contribution in [-0.4, -0.2) is 12.5 Å². The molecule has 0 aliphatic heterocycles. The van der Waals surface area contributed by atoms with Crippen LogP contribution in [0.4, 0.5) is 5.69 Å². The lowest BCUT2D eigenvalue weighted by Gasteiger charge is -2.10. The summed E-state index contributed by atoms with van der Waals surface area (Å²) in [6.07, 6.45) is 0. The maximum atomic E-state index is 10.6. The topological polar surface area (TPSA) is 64.4 Å². The molecule has 0 aliphatic rings. The van der Waals surface area contributed by atoms with Crippen LogP contribution in [0.2, 0.25) is 10.0 Å². The van der Waals surface area contributed by atoms with Crippen LogP contribution in [0, 0.1) is 0 Å². The van der Waals surface area contributed by atoms with Gasteiger partial charge in [0.25, 0.3) is 5.91 Å². The van der Waals surface area contributed by atoms with Gasteiger partial charge in [-0.15, -0.1) is 0 Å². The van der Waals surface area contributed by atoms with Gasteiger partial charge in [-0.3, -0.25) is 4.79 Å². The number of ether oxygens (including phenoxy) is 1. The minimum absolute atomic E-state index is 0.137. The molecule has 0 atom stereocenters. The van der Waals surface area contributed by atoms with Crippen molar-refractivity contribution in [3.63, 3.8) is 0 Å². The second-order valence-electron chi connectivity index (χ2n) is 4.33. The first-order valence-corrected chi connectivity index (χ1v) is 7.00. The third kappa shape index (κ3) is 4.55. The highest BCUT2D eigenvalue weighted by Gasteiger charge is 2.05. The van der Waals surface area contributed by atoms with Crippen molar-refractivity contribution in [1.29, 1.82) is 0 Å². The van der Waals surface area contributed by atoms with Crippen molar-refractivity contribution in [1.82, 2.24) is 0 Å². The molecule has 0 bridgehead atoms. The van der Waals surface area contributed by atoms with Crippen LogP contribution in [0.3, 0.4) is 0 Å². The highest BCUT2D eigenvalue weighted by atomic mass is 35.5. The number of anilines is 1. The lowest BCUT2D eigenvalue weighted by Crippen LogP contribution is -2.19. The lowest BCUT2D eigenvalue weighted by molar-refractivity contribution is -0.119. The van der Waals surface area contributed by atoms with Gasteiger partial charge in [-0.1, -0.05) is 29.3 Å². The first-order chi connectivity index (χ1) is 10.1. The summed E-state index contributed by atoms with van der Waals surface area (Å²) in [5, 5.41) is 4.46. The Labute approximate surface area is 132 Å². The Morgan fingerprint density at radius 1 is 1.10 bits per heavy atom. The number of halogens is 2. The standard InChI is InChI=1S/C15H14Cl2N2O2/c16-13-2-1-3-14(17)12(13)8-19-10-4-6-11(7-5-10)21-9-15(18)20/h1-7,19H,8-9H2,(H2,18,20). The van der Waals surface area contributed by atoms with Crippen LogP contribution in [0.15, 0.2) is 42.5 Å². The molecule has 3 N–H and O–H groups in total. The fraction of sp³-hybridized carbons (Fsp3) is 0.133. The Hall–Kier alpha value is -1.91. The second kappa shape index (κ2) is 7.20. The molecule has 0 aliphatic carbocycles. The van der Waals surface area contributed by atoms with E-state index in [0.717, 1.165) is 11.3 Å². The van der Waals surface area contributed by atoms with Crippen molar-refractivity contribution in [2.45, 2.75) is 6.54 Å². The van der Waals surface area contributed by atoms with E-state index >= 15 is 0 Å². The Balaban J connectivity index is 1.96. The van der Waals surface area contributed by atoms with E-state index < -0.39 is 5.91 Å². The number of nitrogens with two attached hydrogens (primary N) is 1. The van der Waals surface area contributed by atoms with E-state index in [0.29, 0.717) is 22.3 Å².